The highest BCUT2D eigenvalue weighted by Gasteiger charge is 2.25. The molecule has 9 nitrogen and oxygen atoms in total. The van der Waals surface area contributed by atoms with E-state index in [-0.39, 0.29) is 23.1 Å². The second-order valence-electron chi connectivity index (χ2n) is 10.3. The van der Waals surface area contributed by atoms with Crippen molar-refractivity contribution >= 4 is 38.9 Å². The summed E-state index contributed by atoms with van der Waals surface area (Å²) in [6.45, 7) is 5.85. The molecule has 0 aliphatic carbocycles. The average Bonchev–Trinajstić information content (AvgIpc) is 3.60. The highest BCUT2D eigenvalue weighted by Crippen LogP contribution is 2.40. The monoisotopic (exact) mass is 630 g/mol. The van der Waals surface area contributed by atoms with Crippen LogP contribution in [-0.2, 0) is 14.8 Å². The molecule has 1 saturated heterocycles. The summed E-state index contributed by atoms with van der Waals surface area (Å²) in [6, 6.07) is 7.76. The first kappa shape index (κ1) is 30.4. The average molecular weight is 631 g/mol. The molecule has 43 heavy (non-hydrogen) atoms. The van der Waals surface area contributed by atoms with Crippen LogP contribution in [0.15, 0.2) is 53.6 Å². The molecule has 226 valence electrons. The summed E-state index contributed by atoms with van der Waals surface area (Å²) in [4.78, 5) is 26.8. The first-order chi connectivity index (χ1) is 20.5. The van der Waals surface area contributed by atoms with Gasteiger partial charge in [-0.1, -0.05) is 19.9 Å². The molecule has 2 N–H and O–H groups in total. The lowest BCUT2D eigenvalue weighted by molar-refractivity contribution is -0.127. The molecule has 1 aliphatic heterocycles. The zero-order valence-electron chi connectivity index (χ0n) is 23.4. The number of hydrogen-bond donors (Lipinski definition) is 2. The van der Waals surface area contributed by atoms with E-state index in [0.717, 1.165) is 25.5 Å². The Morgan fingerprint density at radius 1 is 1.09 bits per heavy atom. The molecule has 0 saturated carbocycles. The van der Waals surface area contributed by atoms with E-state index >= 15 is 4.39 Å². The number of carbonyl (C=O) groups excluding carboxylic acids is 1. The first-order valence-corrected chi connectivity index (χ1v) is 16.0. The number of nitrogens with one attached hydrogen (secondary N) is 2. The van der Waals surface area contributed by atoms with Gasteiger partial charge in [-0.15, -0.1) is 11.3 Å². The lowest BCUT2D eigenvalue weighted by atomic mass is 10.1. The molecular weight excluding hydrogens is 601 g/mol. The van der Waals surface area contributed by atoms with Crippen molar-refractivity contribution in [2.24, 2.45) is 0 Å². The van der Waals surface area contributed by atoms with E-state index in [1.807, 2.05) is 23.5 Å². The molecule has 14 heteroatoms. The number of halogens is 3. The summed E-state index contributed by atoms with van der Waals surface area (Å²) in [7, 11) is -4.66. The number of sulfonamides is 1. The fraction of sp³-hybridized carbons (Fsp3) is 0.310. The second-order valence-corrected chi connectivity index (χ2v) is 12.9. The van der Waals surface area contributed by atoms with Crippen LogP contribution in [-0.4, -0.2) is 53.8 Å². The van der Waals surface area contributed by atoms with Crippen LogP contribution < -0.4 is 10.0 Å². The Kier molecular flexibility index (Phi) is 8.97. The molecule has 0 unspecified atom stereocenters. The third-order valence-electron chi connectivity index (χ3n) is 6.77. The molecule has 1 amide bonds. The predicted octanol–water partition coefficient (Wildman–Crippen LogP) is 6.03. The zero-order valence-corrected chi connectivity index (χ0v) is 25.0. The van der Waals surface area contributed by atoms with E-state index in [9.17, 15) is 22.0 Å². The van der Waals surface area contributed by atoms with E-state index in [0.29, 0.717) is 53.2 Å². The molecule has 0 bridgehead atoms. The van der Waals surface area contributed by atoms with Crippen LogP contribution in [0.25, 0.3) is 21.8 Å². The largest absolute Gasteiger partial charge is 0.354 e. The summed E-state index contributed by atoms with van der Waals surface area (Å²) >= 11 is 1.33. The van der Waals surface area contributed by atoms with Crippen LogP contribution in [0.2, 0.25) is 0 Å². The van der Waals surface area contributed by atoms with E-state index in [2.05, 4.69) is 20.3 Å². The first-order valence-electron chi connectivity index (χ1n) is 13.7. The fourth-order valence-electron chi connectivity index (χ4n) is 4.60. The Morgan fingerprint density at radius 2 is 1.91 bits per heavy atom. The van der Waals surface area contributed by atoms with Crippen LogP contribution in [0.3, 0.4) is 0 Å². The smallest absolute Gasteiger partial charge is 0.265 e. The molecule has 2 aromatic carbocycles. The minimum absolute atomic E-state index is 0.00136. The highest BCUT2D eigenvalue weighted by molar-refractivity contribution is 7.92. The number of benzene rings is 2. The summed E-state index contributed by atoms with van der Waals surface area (Å²) in [5, 5.41) is 3.88. The minimum Gasteiger partial charge on any atom is -0.354 e. The maximum atomic E-state index is 15.9. The van der Waals surface area contributed by atoms with E-state index in [1.165, 1.54) is 29.5 Å². The minimum atomic E-state index is -4.66. The Labute approximate surface area is 251 Å². The Hall–Kier alpha value is -4.04. The van der Waals surface area contributed by atoms with Crippen LogP contribution in [0.4, 0.5) is 24.8 Å². The highest BCUT2D eigenvalue weighted by atomic mass is 32.2. The molecule has 4 aromatic rings. The number of anilines is 2. The number of amides is 1. The van der Waals surface area contributed by atoms with Gasteiger partial charge in [0, 0.05) is 43.7 Å². The zero-order chi connectivity index (χ0) is 30.7. The van der Waals surface area contributed by atoms with Crippen molar-refractivity contribution in [2.45, 2.75) is 43.9 Å². The molecule has 0 spiro atoms. The predicted molar refractivity (Wildman–Crippen MR) is 159 cm³/mol. The van der Waals surface area contributed by atoms with Crippen molar-refractivity contribution in [3.63, 3.8) is 0 Å². The second kappa shape index (κ2) is 12.7. The molecule has 5 rings (SSSR count). The molecule has 0 radical (unpaired) electrons. The van der Waals surface area contributed by atoms with Crippen molar-refractivity contribution in [1.82, 2.24) is 19.9 Å². The van der Waals surface area contributed by atoms with Gasteiger partial charge in [-0.05, 0) is 49.2 Å². The number of rotatable bonds is 11. The van der Waals surface area contributed by atoms with Gasteiger partial charge in [0.25, 0.3) is 10.0 Å². The number of likely N-dealkylation sites (tertiary alicyclic amines) is 1. The SMILES string of the molecule is CC(C)c1nc(-c2cccc(NS(=O)(=O)c3cc(F)ccc3F)c2F)c(-c2ccnc(NCCCN3CCCC3=O)n2)s1. The Balaban J connectivity index is 1.43. The summed E-state index contributed by atoms with van der Waals surface area (Å²) in [5.41, 5.74) is 0.286. The van der Waals surface area contributed by atoms with Crippen molar-refractivity contribution in [3.8, 4) is 21.8 Å². The number of nitrogens with zero attached hydrogens (tertiary/aromatic N) is 4. The van der Waals surface area contributed by atoms with E-state index < -0.39 is 38.1 Å². The van der Waals surface area contributed by atoms with Crippen LogP contribution in [0.5, 0.6) is 0 Å². The molecule has 3 heterocycles. The maximum Gasteiger partial charge on any atom is 0.265 e. The van der Waals surface area contributed by atoms with Gasteiger partial charge in [0.15, 0.2) is 5.82 Å². The van der Waals surface area contributed by atoms with Gasteiger partial charge in [-0.25, -0.2) is 36.5 Å². The van der Waals surface area contributed by atoms with Gasteiger partial charge in [0.1, 0.15) is 16.5 Å². The van der Waals surface area contributed by atoms with Crippen molar-refractivity contribution < 1.29 is 26.4 Å². The van der Waals surface area contributed by atoms with Gasteiger partial charge in [-0.2, -0.15) is 0 Å². The van der Waals surface area contributed by atoms with E-state index in [1.54, 1.807) is 12.3 Å². The topological polar surface area (TPSA) is 117 Å². The van der Waals surface area contributed by atoms with Gasteiger partial charge < -0.3 is 10.2 Å². The molecule has 2 aromatic heterocycles. The number of aromatic nitrogens is 3. The molecule has 1 aliphatic rings. The van der Waals surface area contributed by atoms with E-state index in [4.69, 9.17) is 0 Å². The van der Waals surface area contributed by atoms with Crippen molar-refractivity contribution in [2.75, 3.05) is 29.7 Å². The van der Waals surface area contributed by atoms with Crippen LogP contribution in [0.1, 0.15) is 44.0 Å². The fourth-order valence-corrected chi connectivity index (χ4v) is 6.80. The lowest BCUT2D eigenvalue weighted by Gasteiger charge is -2.15. The maximum absolute atomic E-state index is 15.9. The third kappa shape index (κ3) is 6.80. The quantitative estimate of drug-likeness (QED) is 0.194. The van der Waals surface area contributed by atoms with Crippen molar-refractivity contribution in [1.29, 1.82) is 0 Å². The summed E-state index contributed by atoms with van der Waals surface area (Å²) in [5.74, 6) is -2.53. The normalized spacial score (nSPS) is 13.6. The van der Waals surface area contributed by atoms with Gasteiger partial charge in [0.2, 0.25) is 11.9 Å². The third-order valence-corrected chi connectivity index (χ3v) is 9.53. The van der Waals surface area contributed by atoms with Crippen LogP contribution in [0, 0.1) is 17.5 Å². The number of thiazole rings is 1. The Bertz CT molecular complexity index is 1760. The number of hydrogen-bond acceptors (Lipinski definition) is 8. The summed E-state index contributed by atoms with van der Waals surface area (Å²) < 4.78 is 71.6. The van der Waals surface area contributed by atoms with Gasteiger partial charge in [0.05, 0.1) is 27.0 Å². The standard InChI is InChI=1S/C29H29F3N6O3S2/c1-17(2)28-36-26(19-6-3-7-21(25(19)32)37-43(40,41)23-16-18(30)9-10-20(23)31)27(42-28)22-11-13-34-29(35-22)33-12-5-15-38-14-4-8-24(38)39/h3,6-7,9-11,13,16-17,37H,4-5,8,12,14-15H2,1-2H3,(H,33,34,35). The van der Waals surface area contributed by atoms with Gasteiger partial charge >= 0.3 is 0 Å². The molecule has 0 atom stereocenters. The van der Waals surface area contributed by atoms with Crippen LogP contribution >= 0.6 is 11.3 Å². The van der Waals surface area contributed by atoms with Gasteiger partial charge in [-0.3, -0.25) is 9.52 Å². The number of carbonyl (C=O) groups is 1. The molecular formula is C29H29F3N6O3S2. The lowest BCUT2D eigenvalue weighted by Crippen LogP contribution is -2.27. The summed E-state index contributed by atoms with van der Waals surface area (Å²) in [6.07, 6.45) is 3.76. The Morgan fingerprint density at radius 3 is 2.65 bits per heavy atom. The molecule has 1 fully saturated rings. The van der Waals surface area contributed by atoms with Crippen molar-refractivity contribution in [3.05, 3.63) is 71.1 Å².